The molecular formula is C13H19F3GeO3. The minimum absolute atomic E-state index is 0.330. The molecule has 0 radical (unpaired) electrons. The summed E-state index contributed by atoms with van der Waals surface area (Å²) in [6.45, 7) is 6.30. The quantitative estimate of drug-likeness (QED) is 0.706. The molecule has 0 bridgehead atoms. The van der Waals surface area contributed by atoms with E-state index >= 15 is 0 Å². The second-order valence-electron chi connectivity index (χ2n) is 3.93. The van der Waals surface area contributed by atoms with E-state index in [-0.39, 0.29) is 0 Å². The molecule has 0 aliphatic rings. The van der Waals surface area contributed by atoms with Gasteiger partial charge < -0.3 is 0 Å². The summed E-state index contributed by atoms with van der Waals surface area (Å²) in [7, 11) is 0. The number of hydrogen-bond donors (Lipinski definition) is 0. The van der Waals surface area contributed by atoms with Crippen LogP contribution in [-0.4, -0.2) is 34.1 Å². The van der Waals surface area contributed by atoms with Gasteiger partial charge in [0, 0.05) is 0 Å². The zero-order valence-corrected chi connectivity index (χ0v) is 13.9. The van der Waals surface area contributed by atoms with Crippen LogP contribution in [0.2, 0.25) is 0 Å². The summed E-state index contributed by atoms with van der Waals surface area (Å²) in [6, 6.07) is 5.03. The summed E-state index contributed by atoms with van der Waals surface area (Å²) in [5, 5.41) is 0. The van der Waals surface area contributed by atoms with Crippen LogP contribution in [0.4, 0.5) is 13.2 Å². The van der Waals surface area contributed by atoms with Gasteiger partial charge in [0.25, 0.3) is 0 Å². The summed E-state index contributed by atoms with van der Waals surface area (Å²) in [5.74, 6) is 0. The predicted octanol–water partition coefficient (Wildman–Crippen LogP) is 2.96. The van der Waals surface area contributed by atoms with Gasteiger partial charge in [0.1, 0.15) is 0 Å². The fourth-order valence-corrected chi connectivity index (χ4v) is 7.12. The van der Waals surface area contributed by atoms with E-state index in [1.54, 1.807) is 26.8 Å². The number of halogens is 3. The first-order chi connectivity index (χ1) is 9.39. The number of rotatable bonds is 7. The fourth-order valence-electron chi connectivity index (χ4n) is 1.83. The summed E-state index contributed by atoms with van der Waals surface area (Å²) in [6.07, 6.45) is -4.39. The standard InChI is InChI=1S/C13H19F3GeO3/c1-4-18-17(19-5-2,20-6-3)12-9-7-8-11(10-12)13(14,15)16/h7-10H,4-6H2,1-3H3. The molecule has 0 heterocycles. The molecule has 0 aliphatic carbocycles. The van der Waals surface area contributed by atoms with Crippen molar-refractivity contribution in [2.24, 2.45) is 0 Å². The van der Waals surface area contributed by atoms with Crippen LogP contribution in [0.15, 0.2) is 24.3 Å². The van der Waals surface area contributed by atoms with Gasteiger partial charge in [-0.1, -0.05) is 0 Å². The summed E-state index contributed by atoms with van der Waals surface area (Å²) in [5.41, 5.74) is -0.718. The molecule has 1 aromatic carbocycles. The van der Waals surface area contributed by atoms with Gasteiger partial charge in [-0.15, -0.1) is 0 Å². The van der Waals surface area contributed by atoms with Crippen molar-refractivity contribution in [1.29, 1.82) is 0 Å². The van der Waals surface area contributed by atoms with Gasteiger partial charge in [0.2, 0.25) is 0 Å². The van der Waals surface area contributed by atoms with Crippen LogP contribution in [0.5, 0.6) is 0 Å². The van der Waals surface area contributed by atoms with E-state index < -0.39 is 26.0 Å². The average molecular weight is 353 g/mol. The van der Waals surface area contributed by atoms with Gasteiger partial charge >= 0.3 is 120 Å². The Morgan fingerprint density at radius 3 is 1.85 bits per heavy atom. The van der Waals surface area contributed by atoms with Crippen molar-refractivity contribution in [3.63, 3.8) is 0 Å². The van der Waals surface area contributed by atoms with Crippen molar-refractivity contribution >= 4 is 18.7 Å². The van der Waals surface area contributed by atoms with Crippen LogP contribution < -0.4 is 4.40 Å². The number of hydrogen-bond acceptors (Lipinski definition) is 3. The summed E-state index contributed by atoms with van der Waals surface area (Å²) < 4.78 is 55.7. The molecule has 114 valence electrons. The van der Waals surface area contributed by atoms with Gasteiger partial charge in [0.15, 0.2) is 0 Å². The zero-order chi connectivity index (χ0) is 15.2. The monoisotopic (exact) mass is 354 g/mol. The molecule has 7 heteroatoms. The van der Waals surface area contributed by atoms with E-state index in [1.165, 1.54) is 6.07 Å². The van der Waals surface area contributed by atoms with E-state index in [1.807, 2.05) is 0 Å². The Morgan fingerprint density at radius 2 is 1.45 bits per heavy atom. The van der Waals surface area contributed by atoms with E-state index in [9.17, 15) is 13.2 Å². The average Bonchev–Trinajstić information content (AvgIpc) is 2.39. The van der Waals surface area contributed by atoms with Crippen molar-refractivity contribution in [3.8, 4) is 0 Å². The van der Waals surface area contributed by atoms with Crippen LogP contribution in [0.1, 0.15) is 26.3 Å². The van der Waals surface area contributed by atoms with E-state index in [0.29, 0.717) is 24.2 Å². The van der Waals surface area contributed by atoms with Crippen LogP contribution in [0.25, 0.3) is 0 Å². The first kappa shape index (κ1) is 17.5. The van der Waals surface area contributed by atoms with Crippen molar-refractivity contribution in [1.82, 2.24) is 0 Å². The number of alkyl halides is 3. The minimum atomic E-state index is -4.39. The van der Waals surface area contributed by atoms with Gasteiger partial charge in [-0.05, 0) is 0 Å². The first-order valence-corrected chi connectivity index (χ1v) is 10.1. The number of benzene rings is 1. The Bertz CT molecular complexity index is 407. The Hall–Kier alpha value is -0.567. The molecule has 0 unspecified atom stereocenters. The molecular weight excluding hydrogens is 334 g/mol. The van der Waals surface area contributed by atoms with Crippen LogP contribution in [0.3, 0.4) is 0 Å². The molecule has 0 aliphatic heterocycles. The maximum absolute atomic E-state index is 12.8. The van der Waals surface area contributed by atoms with E-state index in [4.69, 9.17) is 11.3 Å². The molecule has 1 aromatic rings. The van der Waals surface area contributed by atoms with Crippen LogP contribution in [0, 0.1) is 0 Å². The second kappa shape index (κ2) is 7.44. The van der Waals surface area contributed by atoms with Gasteiger partial charge in [-0.2, -0.15) is 0 Å². The van der Waals surface area contributed by atoms with Crippen molar-refractivity contribution in [2.45, 2.75) is 26.9 Å². The Morgan fingerprint density at radius 1 is 0.950 bits per heavy atom. The van der Waals surface area contributed by atoms with E-state index in [2.05, 4.69) is 0 Å². The molecule has 0 atom stereocenters. The van der Waals surface area contributed by atoms with Crippen molar-refractivity contribution < 1.29 is 24.5 Å². The molecule has 0 aromatic heterocycles. The summed E-state index contributed by atoms with van der Waals surface area (Å²) >= 11 is -3.87. The van der Waals surface area contributed by atoms with Gasteiger partial charge in [-0.3, -0.25) is 0 Å². The molecule has 0 fully saturated rings. The molecule has 0 N–H and O–H groups in total. The third-order valence-electron chi connectivity index (χ3n) is 2.55. The molecule has 0 saturated carbocycles. The Balaban J connectivity index is 3.25. The van der Waals surface area contributed by atoms with Crippen LogP contribution in [-0.2, 0) is 17.5 Å². The maximum atomic E-state index is 12.8. The predicted molar refractivity (Wildman–Crippen MR) is 71.7 cm³/mol. The molecule has 0 saturated heterocycles. The topological polar surface area (TPSA) is 27.7 Å². The molecule has 20 heavy (non-hydrogen) atoms. The Kier molecular flexibility index (Phi) is 6.51. The van der Waals surface area contributed by atoms with Crippen LogP contribution >= 0.6 is 0 Å². The fraction of sp³-hybridized carbons (Fsp3) is 0.538. The van der Waals surface area contributed by atoms with Gasteiger partial charge in [0.05, 0.1) is 0 Å². The third-order valence-corrected chi connectivity index (χ3v) is 8.89. The Labute approximate surface area is 120 Å². The molecule has 3 nitrogen and oxygen atoms in total. The SMILES string of the molecule is CC[O][Ge]([O]CC)([O]CC)[c]1cccc(C(F)(F)F)c1. The molecule has 0 spiro atoms. The first-order valence-electron chi connectivity index (χ1n) is 6.49. The molecule has 0 amide bonds. The normalized spacial score (nSPS) is 12.7. The van der Waals surface area contributed by atoms with Crippen molar-refractivity contribution in [2.75, 3.05) is 19.8 Å². The van der Waals surface area contributed by atoms with Crippen molar-refractivity contribution in [3.05, 3.63) is 29.8 Å². The third kappa shape index (κ3) is 4.21. The molecule has 1 rings (SSSR count). The van der Waals surface area contributed by atoms with E-state index in [0.717, 1.165) is 12.1 Å². The summed E-state index contributed by atoms with van der Waals surface area (Å²) in [4.78, 5) is 0. The van der Waals surface area contributed by atoms with Gasteiger partial charge in [-0.25, -0.2) is 0 Å². The second-order valence-corrected chi connectivity index (χ2v) is 9.30. The zero-order valence-electron chi connectivity index (χ0n) is 11.8.